The van der Waals surface area contributed by atoms with Gasteiger partial charge in [0.25, 0.3) is 0 Å². The van der Waals surface area contributed by atoms with Crippen LogP contribution in [0.15, 0.2) is 28.7 Å². The third-order valence-corrected chi connectivity index (χ3v) is 3.17. The van der Waals surface area contributed by atoms with Crippen LogP contribution in [0.1, 0.15) is 49.4 Å². The van der Waals surface area contributed by atoms with Crippen LogP contribution in [0.3, 0.4) is 0 Å². The van der Waals surface area contributed by atoms with Gasteiger partial charge in [0, 0.05) is 16.5 Å². The van der Waals surface area contributed by atoms with E-state index in [0.717, 1.165) is 17.3 Å². The number of halogens is 1. The number of benzene rings is 1. The van der Waals surface area contributed by atoms with E-state index in [1.54, 1.807) is 6.07 Å². The predicted molar refractivity (Wildman–Crippen MR) is 75.0 cm³/mol. The standard InChI is InChI=1S/C15H17BrO/c1-2-3-4-5-6-7-12-15(17)13-10-8-9-11-14(13)16/h8-11H,2-6H2,1H3. The zero-order valence-corrected chi connectivity index (χ0v) is 11.7. The van der Waals surface area contributed by atoms with Crippen molar-refractivity contribution in [2.45, 2.75) is 39.0 Å². The molecular weight excluding hydrogens is 276 g/mol. The van der Waals surface area contributed by atoms with Crippen molar-refractivity contribution in [2.24, 2.45) is 0 Å². The van der Waals surface area contributed by atoms with Gasteiger partial charge in [-0.25, -0.2) is 0 Å². The summed E-state index contributed by atoms with van der Waals surface area (Å²) in [5, 5.41) is 0. The van der Waals surface area contributed by atoms with Crippen LogP contribution in [-0.2, 0) is 0 Å². The molecule has 0 saturated carbocycles. The average Bonchev–Trinajstić information content (AvgIpc) is 2.34. The maximum atomic E-state index is 11.8. The quantitative estimate of drug-likeness (QED) is 0.335. The van der Waals surface area contributed by atoms with Crippen LogP contribution in [0.4, 0.5) is 0 Å². The molecule has 0 N–H and O–H groups in total. The van der Waals surface area contributed by atoms with Gasteiger partial charge in [0.05, 0.1) is 0 Å². The summed E-state index contributed by atoms with van der Waals surface area (Å²) in [4.78, 5) is 11.8. The Morgan fingerprint density at radius 1 is 1.24 bits per heavy atom. The van der Waals surface area contributed by atoms with Gasteiger partial charge in [0.2, 0.25) is 5.78 Å². The molecule has 0 spiro atoms. The molecule has 1 rings (SSSR count). The van der Waals surface area contributed by atoms with Gasteiger partial charge >= 0.3 is 0 Å². The van der Waals surface area contributed by atoms with E-state index < -0.39 is 0 Å². The first-order valence-corrected chi connectivity index (χ1v) is 6.82. The molecule has 1 aromatic carbocycles. The molecule has 0 radical (unpaired) electrons. The lowest BCUT2D eigenvalue weighted by atomic mass is 10.1. The lowest BCUT2D eigenvalue weighted by Crippen LogP contribution is -1.95. The van der Waals surface area contributed by atoms with E-state index in [1.807, 2.05) is 18.2 Å². The van der Waals surface area contributed by atoms with Gasteiger partial charge in [0.1, 0.15) is 0 Å². The van der Waals surface area contributed by atoms with Crippen LogP contribution in [0, 0.1) is 11.8 Å². The maximum absolute atomic E-state index is 11.8. The second-order valence-electron chi connectivity index (χ2n) is 3.92. The summed E-state index contributed by atoms with van der Waals surface area (Å²) in [5.74, 6) is 5.54. The van der Waals surface area contributed by atoms with Gasteiger partial charge in [-0.2, -0.15) is 0 Å². The molecule has 1 nitrogen and oxygen atoms in total. The Morgan fingerprint density at radius 3 is 2.71 bits per heavy atom. The van der Waals surface area contributed by atoms with Crippen molar-refractivity contribution in [3.63, 3.8) is 0 Å². The molecule has 0 fully saturated rings. The monoisotopic (exact) mass is 292 g/mol. The minimum absolute atomic E-state index is 0.104. The Bertz CT molecular complexity index is 426. The number of carbonyl (C=O) groups is 1. The Kier molecular flexibility index (Phi) is 6.65. The first kappa shape index (κ1) is 14.0. The van der Waals surface area contributed by atoms with Gasteiger partial charge in [-0.05, 0) is 24.5 Å². The highest BCUT2D eigenvalue weighted by molar-refractivity contribution is 9.10. The molecule has 0 aliphatic carbocycles. The highest BCUT2D eigenvalue weighted by atomic mass is 79.9. The predicted octanol–water partition coefficient (Wildman–Crippen LogP) is 4.61. The molecule has 0 atom stereocenters. The number of ketones is 1. The van der Waals surface area contributed by atoms with Crippen molar-refractivity contribution in [3.8, 4) is 11.8 Å². The summed E-state index contributed by atoms with van der Waals surface area (Å²) in [7, 11) is 0. The SMILES string of the molecule is CCCCCCC#CC(=O)c1ccccc1Br. The van der Waals surface area contributed by atoms with Crippen molar-refractivity contribution in [1.29, 1.82) is 0 Å². The molecule has 17 heavy (non-hydrogen) atoms. The fraction of sp³-hybridized carbons (Fsp3) is 0.400. The summed E-state index contributed by atoms with van der Waals surface area (Å²) in [5.41, 5.74) is 0.647. The molecular formula is C15H17BrO. The molecule has 0 bridgehead atoms. The van der Waals surface area contributed by atoms with E-state index in [4.69, 9.17) is 0 Å². The van der Waals surface area contributed by atoms with Crippen LogP contribution < -0.4 is 0 Å². The van der Waals surface area contributed by atoms with Crippen molar-refractivity contribution in [3.05, 3.63) is 34.3 Å². The molecule has 0 saturated heterocycles. The van der Waals surface area contributed by atoms with Gasteiger partial charge in [-0.1, -0.05) is 60.2 Å². The van der Waals surface area contributed by atoms with Gasteiger partial charge in [-0.15, -0.1) is 0 Å². The summed E-state index contributed by atoms with van der Waals surface area (Å²) in [6.07, 6.45) is 5.58. The van der Waals surface area contributed by atoms with Crippen molar-refractivity contribution >= 4 is 21.7 Å². The lowest BCUT2D eigenvalue weighted by Gasteiger charge is -1.96. The van der Waals surface area contributed by atoms with Crippen molar-refractivity contribution < 1.29 is 4.79 Å². The van der Waals surface area contributed by atoms with E-state index in [0.29, 0.717) is 5.56 Å². The van der Waals surface area contributed by atoms with Crippen molar-refractivity contribution in [2.75, 3.05) is 0 Å². The highest BCUT2D eigenvalue weighted by Crippen LogP contribution is 2.15. The molecule has 90 valence electrons. The van der Waals surface area contributed by atoms with E-state index in [9.17, 15) is 4.79 Å². The lowest BCUT2D eigenvalue weighted by molar-refractivity contribution is 0.105. The fourth-order valence-corrected chi connectivity index (χ4v) is 1.96. The third-order valence-electron chi connectivity index (χ3n) is 2.48. The summed E-state index contributed by atoms with van der Waals surface area (Å²) in [6.45, 7) is 2.18. The minimum atomic E-state index is -0.104. The molecule has 0 aromatic heterocycles. The number of Topliss-reactive ketones (excluding diaryl/α,β-unsaturated/α-hetero) is 1. The molecule has 1 aromatic rings. The summed E-state index contributed by atoms with van der Waals surface area (Å²) in [6, 6.07) is 7.38. The van der Waals surface area contributed by atoms with E-state index in [1.165, 1.54) is 19.3 Å². The number of unbranched alkanes of at least 4 members (excludes halogenated alkanes) is 4. The number of hydrogen-bond acceptors (Lipinski definition) is 1. The number of carbonyl (C=O) groups excluding carboxylic acids is 1. The third kappa shape index (κ3) is 5.19. The Morgan fingerprint density at radius 2 is 2.00 bits per heavy atom. The minimum Gasteiger partial charge on any atom is -0.279 e. The fourth-order valence-electron chi connectivity index (χ4n) is 1.50. The highest BCUT2D eigenvalue weighted by Gasteiger charge is 2.05. The normalized spacial score (nSPS) is 9.53. The van der Waals surface area contributed by atoms with Crippen molar-refractivity contribution in [1.82, 2.24) is 0 Å². The number of rotatable bonds is 5. The first-order valence-electron chi connectivity index (χ1n) is 6.03. The van der Waals surface area contributed by atoms with E-state index >= 15 is 0 Å². The Labute approximate surface area is 112 Å². The van der Waals surface area contributed by atoms with E-state index in [2.05, 4.69) is 34.7 Å². The van der Waals surface area contributed by atoms with Crippen LogP contribution in [0.25, 0.3) is 0 Å². The summed E-state index contributed by atoms with van der Waals surface area (Å²) < 4.78 is 0.810. The number of hydrogen-bond donors (Lipinski definition) is 0. The summed E-state index contributed by atoms with van der Waals surface area (Å²) >= 11 is 3.35. The van der Waals surface area contributed by atoms with Crippen LogP contribution >= 0.6 is 15.9 Å². The Balaban J connectivity index is 2.45. The zero-order valence-electron chi connectivity index (χ0n) is 10.1. The van der Waals surface area contributed by atoms with Crippen LogP contribution in [-0.4, -0.2) is 5.78 Å². The maximum Gasteiger partial charge on any atom is 0.237 e. The van der Waals surface area contributed by atoms with Crippen LogP contribution in [0.2, 0.25) is 0 Å². The topological polar surface area (TPSA) is 17.1 Å². The average molecular weight is 293 g/mol. The first-order chi connectivity index (χ1) is 8.25. The largest absolute Gasteiger partial charge is 0.279 e. The molecule has 0 heterocycles. The smallest absolute Gasteiger partial charge is 0.237 e. The Hall–Kier alpha value is -1.07. The van der Waals surface area contributed by atoms with Gasteiger partial charge < -0.3 is 0 Å². The molecule has 0 unspecified atom stereocenters. The second kappa shape index (κ2) is 8.08. The van der Waals surface area contributed by atoms with Gasteiger partial charge in [-0.3, -0.25) is 4.79 Å². The second-order valence-corrected chi connectivity index (χ2v) is 4.78. The molecule has 2 heteroatoms. The van der Waals surface area contributed by atoms with Gasteiger partial charge in [0.15, 0.2) is 0 Å². The zero-order chi connectivity index (χ0) is 12.5. The molecule has 0 amide bonds. The van der Waals surface area contributed by atoms with E-state index in [-0.39, 0.29) is 5.78 Å². The molecule has 0 aliphatic rings. The molecule has 0 aliphatic heterocycles. The van der Waals surface area contributed by atoms with Crippen LogP contribution in [0.5, 0.6) is 0 Å².